The lowest BCUT2D eigenvalue weighted by Crippen LogP contribution is -2.20. The first-order chi connectivity index (χ1) is 14.2. The fourth-order valence-corrected chi connectivity index (χ4v) is 3.20. The van der Waals surface area contributed by atoms with Gasteiger partial charge in [0, 0.05) is 10.9 Å². The number of hydrogen-bond donors (Lipinski definition) is 0. The smallest absolute Gasteiger partial charge is 0.297 e. The molecule has 3 aromatic heterocycles. The van der Waals surface area contributed by atoms with Gasteiger partial charge in [-0.1, -0.05) is 29.4 Å². The van der Waals surface area contributed by atoms with Gasteiger partial charge >= 0.3 is 0 Å². The number of furan rings is 1. The number of ether oxygens (including phenoxy) is 1. The molecule has 0 atom stereocenters. The Kier molecular flexibility index (Phi) is 4.09. The predicted octanol–water partition coefficient (Wildman–Crippen LogP) is 3.64. The largest absolute Gasteiger partial charge is 0.494 e. The Hall–Kier alpha value is -3.94. The lowest BCUT2D eigenvalue weighted by atomic mass is 10.2. The van der Waals surface area contributed by atoms with Crippen LogP contribution in [0.4, 0.5) is 0 Å². The van der Waals surface area contributed by atoms with E-state index in [1.54, 1.807) is 6.07 Å². The van der Waals surface area contributed by atoms with Gasteiger partial charge in [-0.05, 0) is 31.2 Å². The van der Waals surface area contributed by atoms with Gasteiger partial charge in [-0.25, -0.2) is 4.98 Å². The molecule has 2 aromatic carbocycles. The molecule has 29 heavy (non-hydrogen) atoms. The van der Waals surface area contributed by atoms with E-state index in [1.165, 1.54) is 10.9 Å². The van der Waals surface area contributed by atoms with Crippen LogP contribution in [0.3, 0.4) is 0 Å². The molecule has 0 spiro atoms. The van der Waals surface area contributed by atoms with E-state index in [9.17, 15) is 4.79 Å². The minimum atomic E-state index is -0.302. The molecule has 0 bridgehead atoms. The molecule has 3 heterocycles. The first-order valence-electron chi connectivity index (χ1n) is 9.15. The van der Waals surface area contributed by atoms with Crippen LogP contribution < -0.4 is 10.3 Å². The van der Waals surface area contributed by atoms with E-state index in [0.29, 0.717) is 29.4 Å². The molecule has 0 aliphatic carbocycles. The number of hydrogen-bond acceptors (Lipinski definition) is 7. The SMILES string of the molecule is CCOc1cccc(-c2noc(Cn3cnc4c(oc5ccccc54)c3=O)n2)c1. The maximum absolute atomic E-state index is 12.8. The van der Waals surface area contributed by atoms with Gasteiger partial charge in [0.2, 0.25) is 17.3 Å². The number of para-hydroxylation sites is 1. The summed E-state index contributed by atoms with van der Waals surface area (Å²) in [5, 5.41) is 4.82. The molecule has 0 N–H and O–H groups in total. The highest BCUT2D eigenvalue weighted by Crippen LogP contribution is 2.24. The van der Waals surface area contributed by atoms with E-state index < -0.39 is 0 Å². The van der Waals surface area contributed by atoms with Gasteiger partial charge in [0.05, 0.1) is 12.9 Å². The Bertz CT molecular complexity index is 1380. The van der Waals surface area contributed by atoms with Crippen molar-refractivity contribution in [3.63, 3.8) is 0 Å². The number of nitrogens with zero attached hydrogens (tertiary/aromatic N) is 4. The van der Waals surface area contributed by atoms with Crippen LogP contribution in [0.1, 0.15) is 12.8 Å². The van der Waals surface area contributed by atoms with E-state index in [1.807, 2.05) is 49.4 Å². The van der Waals surface area contributed by atoms with Gasteiger partial charge < -0.3 is 13.7 Å². The van der Waals surface area contributed by atoms with Crippen LogP contribution in [0.15, 0.2) is 68.6 Å². The van der Waals surface area contributed by atoms with E-state index >= 15 is 0 Å². The van der Waals surface area contributed by atoms with E-state index in [2.05, 4.69) is 15.1 Å². The summed E-state index contributed by atoms with van der Waals surface area (Å²) >= 11 is 0. The van der Waals surface area contributed by atoms with Crippen molar-refractivity contribution in [2.75, 3.05) is 6.61 Å². The van der Waals surface area contributed by atoms with E-state index in [0.717, 1.165) is 16.7 Å². The second-order valence-corrected chi connectivity index (χ2v) is 6.43. The van der Waals surface area contributed by atoms with Crippen LogP contribution in [-0.4, -0.2) is 26.3 Å². The summed E-state index contributed by atoms with van der Waals surface area (Å²) in [6.07, 6.45) is 1.46. The molecule has 0 amide bonds. The van der Waals surface area contributed by atoms with Crippen LogP contribution >= 0.6 is 0 Å². The van der Waals surface area contributed by atoms with Crippen molar-refractivity contribution in [2.24, 2.45) is 0 Å². The van der Waals surface area contributed by atoms with Crippen LogP contribution in [-0.2, 0) is 6.54 Å². The zero-order chi connectivity index (χ0) is 19.8. The highest BCUT2D eigenvalue weighted by atomic mass is 16.5. The summed E-state index contributed by atoms with van der Waals surface area (Å²) in [4.78, 5) is 21.6. The van der Waals surface area contributed by atoms with Gasteiger partial charge in [0.1, 0.15) is 23.4 Å². The molecule has 0 aliphatic rings. The maximum atomic E-state index is 12.8. The molecule has 0 radical (unpaired) electrons. The molecule has 144 valence electrons. The minimum Gasteiger partial charge on any atom is -0.494 e. The maximum Gasteiger partial charge on any atom is 0.297 e. The Balaban J connectivity index is 1.47. The summed E-state index contributed by atoms with van der Waals surface area (Å²) in [5.41, 5.74) is 1.84. The van der Waals surface area contributed by atoms with Crippen molar-refractivity contribution in [1.82, 2.24) is 19.7 Å². The highest BCUT2D eigenvalue weighted by molar-refractivity contribution is 6.01. The number of aromatic nitrogens is 4. The molecule has 5 rings (SSSR count). The number of fused-ring (bicyclic) bond motifs is 3. The van der Waals surface area contributed by atoms with Crippen molar-refractivity contribution >= 4 is 22.1 Å². The molecule has 0 saturated carbocycles. The summed E-state index contributed by atoms with van der Waals surface area (Å²) < 4.78 is 17.9. The van der Waals surface area contributed by atoms with Gasteiger partial charge in [-0.3, -0.25) is 9.36 Å². The van der Waals surface area contributed by atoms with Crippen LogP contribution in [0.5, 0.6) is 5.75 Å². The Morgan fingerprint density at radius 3 is 2.93 bits per heavy atom. The minimum absolute atomic E-state index is 0.0942. The molecule has 0 aliphatic heterocycles. The van der Waals surface area contributed by atoms with Gasteiger partial charge in [0.25, 0.3) is 5.56 Å². The lowest BCUT2D eigenvalue weighted by molar-refractivity contribution is 0.340. The Labute approximate surface area is 164 Å². The van der Waals surface area contributed by atoms with Gasteiger partial charge in [0.15, 0.2) is 0 Å². The molecular formula is C21H16N4O4. The number of benzene rings is 2. The summed E-state index contributed by atoms with van der Waals surface area (Å²) in [5.74, 6) is 1.45. The predicted molar refractivity (Wildman–Crippen MR) is 106 cm³/mol. The van der Waals surface area contributed by atoms with Gasteiger partial charge in [-0.15, -0.1) is 0 Å². The fourth-order valence-electron chi connectivity index (χ4n) is 3.20. The molecule has 0 saturated heterocycles. The third kappa shape index (κ3) is 3.04. The molecule has 5 aromatic rings. The Morgan fingerprint density at radius 2 is 2.03 bits per heavy atom. The van der Waals surface area contributed by atoms with E-state index in [4.69, 9.17) is 13.7 Å². The monoisotopic (exact) mass is 388 g/mol. The van der Waals surface area contributed by atoms with Crippen molar-refractivity contribution < 1.29 is 13.7 Å². The standard InChI is InChI=1S/C21H16N4O4/c1-2-27-14-7-5-6-13(10-14)20-23-17(29-24-20)11-25-12-22-18-15-8-3-4-9-16(15)28-19(18)21(25)26/h3-10,12H,2,11H2,1H3. The summed E-state index contributed by atoms with van der Waals surface area (Å²) in [6.45, 7) is 2.59. The lowest BCUT2D eigenvalue weighted by Gasteiger charge is -2.03. The third-order valence-electron chi connectivity index (χ3n) is 4.53. The van der Waals surface area contributed by atoms with Gasteiger partial charge in [-0.2, -0.15) is 4.98 Å². The normalized spacial score (nSPS) is 11.3. The first-order valence-corrected chi connectivity index (χ1v) is 9.15. The quantitative estimate of drug-likeness (QED) is 0.453. The van der Waals surface area contributed by atoms with Crippen LogP contribution in [0.2, 0.25) is 0 Å². The zero-order valence-corrected chi connectivity index (χ0v) is 15.5. The van der Waals surface area contributed by atoms with Crippen molar-refractivity contribution in [1.29, 1.82) is 0 Å². The van der Waals surface area contributed by atoms with Crippen molar-refractivity contribution in [2.45, 2.75) is 13.5 Å². The average Bonchev–Trinajstić information content (AvgIpc) is 3.36. The van der Waals surface area contributed by atoms with Crippen molar-refractivity contribution in [3.05, 3.63) is 71.1 Å². The van der Waals surface area contributed by atoms with E-state index in [-0.39, 0.29) is 17.7 Å². The summed E-state index contributed by atoms with van der Waals surface area (Å²) in [7, 11) is 0. The van der Waals surface area contributed by atoms with Crippen molar-refractivity contribution in [3.8, 4) is 17.1 Å². The van der Waals surface area contributed by atoms with Crippen LogP contribution in [0, 0.1) is 0 Å². The average molecular weight is 388 g/mol. The van der Waals surface area contributed by atoms with Crippen LogP contribution in [0.25, 0.3) is 33.5 Å². The summed E-state index contributed by atoms with van der Waals surface area (Å²) in [6, 6.07) is 14.8. The fraction of sp³-hybridized carbons (Fsp3) is 0.143. The second kappa shape index (κ2) is 6.90. The number of rotatable bonds is 5. The third-order valence-corrected chi connectivity index (χ3v) is 4.53. The first kappa shape index (κ1) is 17.2. The topological polar surface area (TPSA) is 96.2 Å². The molecule has 8 heteroatoms. The Morgan fingerprint density at radius 1 is 1.14 bits per heavy atom. The molecule has 0 unspecified atom stereocenters. The molecular weight excluding hydrogens is 372 g/mol. The molecule has 8 nitrogen and oxygen atoms in total. The second-order valence-electron chi connectivity index (χ2n) is 6.43. The molecule has 0 fully saturated rings. The highest BCUT2D eigenvalue weighted by Gasteiger charge is 2.15. The zero-order valence-electron chi connectivity index (χ0n) is 15.5.